The molecule has 80 valence electrons. The number of nitrogen functional groups attached to an aromatic ring is 1. The van der Waals surface area contributed by atoms with E-state index in [1.807, 2.05) is 13.0 Å². The highest BCUT2D eigenvalue weighted by Crippen LogP contribution is 2.24. The predicted molar refractivity (Wildman–Crippen MR) is 59.3 cm³/mol. The molecule has 1 rings (SSSR count). The zero-order chi connectivity index (χ0) is 11.3. The van der Waals surface area contributed by atoms with Gasteiger partial charge in [0.1, 0.15) is 23.5 Å². The predicted octanol–water partition coefficient (Wildman–Crippen LogP) is 1.26. The summed E-state index contributed by atoms with van der Waals surface area (Å²) in [5.41, 5.74) is 12.0. The third-order valence-corrected chi connectivity index (χ3v) is 2.18. The second-order valence-corrected chi connectivity index (χ2v) is 3.22. The van der Waals surface area contributed by atoms with Gasteiger partial charge in [0.05, 0.1) is 5.69 Å². The van der Waals surface area contributed by atoms with Crippen LogP contribution in [0.4, 0.5) is 5.69 Å². The van der Waals surface area contributed by atoms with Crippen LogP contribution in [0.15, 0.2) is 18.2 Å². The number of hydrogen-bond donors (Lipinski definition) is 2. The van der Waals surface area contributed by atoms with Crippen molar-refractivity contribution < 1.29 is 4.74 Å². The second kappa shape index (κ2) is 5.23. The van der Waals surface area contributed by atoms with Gasteiger partial charge in [-0.2, -0.15) is 5.26 Å². The van der Waals surface area contributed by atoms with E-state index in [0.717, 1.165) is 6.42 Å². The van der Waals surface area contributed by atoms with Crippen LogP contribution in [0, 0.1) is 11.3 Å². The first-order valence-electron chi connectivity index (χ1n) is 4.88. The van der Waals surface area contributed by atoms with Gasteiger partial charge in [-0.05, 0) is 18.6 Å². The normalized spacial score (nSPS) is 11.8. The molecule has 4 nitrogen and oxygen atoms in total. The minimum Gasteiger partial charge on any atom is -0.488 e. The molecule has 0 aliphatic rings. The van der Waals surface area contributed by atoms with Gasteiger partial charge in [0.15, 0.2) is 0 Å². The first-order chi connectivity index (χ1) is 7.22. The van der Waals surface area contributed by atoms with Crippen LogP contribution in [0.3, 0.4) is 0 Å². The number of anilines is 1. The molecular weight excluding hydrogens is 190 g/mol. The fraction of sp³-hybridized carbons (Fsp3) is 0.364. The van der Waals surface area contributed by atoms with Crippen molar-refractivity contribution in [1.29, 1.82) is 5.26 Å². The maximum atomic E-state index is 8.92. The van der Waals surface area contributed by atoms with Gasteiger partial charge >= 0.3 is 0 Å². The minimum atomic E-state index is -0.0705. The summed E-state index contributed by atoms with van der Waals surface area (Å²) in [5.74, 6) is 0.509. The lowest BCUT2D eigenvalue weighted by molar-refractivity contribution is 0.205. The summed E-state index contributed by atoms with van der Waals surface area (Å²) in [5, 5.41) is 8.92. The average Bonchev–Trinajstić information content (AvgIpc) is 2.26. The number of hydrogen-bond acceptors (Lipinski definition) is 4. The van der Waals surface area contributed by atoms with Crippen molar-refractivity contribution in [2.24, 2.45) is 5.73 Å². The van der Waals surface area contributed by atoms with E-state index in [2.05, 4.69) is 0 Å². The third kappa shape index (κ3) is 2.61. The van der Waals surface area contributed by atoms with E-state index in [9.17, 15) is 0 Å². The summed E-state index contributed by atoms with van der Waals surface area (Å²) < 4.78 is 5.59. The highest BCUT2D eigenvalue weighted by molar-refractivity contribution is 5.60. The van der Waals surface area contributed by atoms with Gasteiger partial charge in [-0.1, -0.05) is 13.0 Å². The molecule has 1 unspecified atom stereocenters. The van der Waals surface area contributed by atoms with Crippen LogP contribution in [-0.2, 0) is 0 Å². The Morgan fingerprint density at radius 3 is 2.80 bits per heavy atom. The van der Waals surface area contributed by atoms with Crippen LogP contribution < -0.4 is 16.2 Å². The second-order valence-electron chi connectivity index (χ2n) is 3.22. The van der Waals surface area contributed by atoms with E-state index in [-0.39, 0.29) is 6.10 Å². The van der Waals surface area contributed by atoms with Crippen LogP contribution in [0.5, 0.6) is 5.75 Å². The first-order valence-corrected chi connectivity index (χ1v) is 4.88. The topological polar surface area (TPSA) is 85.1 Å². The summed E-state index contributed by atoms with van der Waals surface area (Å²) in [6.45, 7) is 2.41. The molecule has 0 saturated heterocycles. The molecule has 0 radical (unpaired) electrons. The summed E-state index contributed by atoms with van der Waals surface area (Å²) in [6, 6.07) is 7.19. The lowest BCUT2D eigenvalue weighted by Gasteiger charge is -2.16. The quantitative estimate of drug-likeness (QED) is 0.724. The van der Waals surface area contributed by atoms with E-state index >= 15 is 0 Å². The minimum absolute atomic E-state index is 0.0705. The van der Waals surface area contributed by atoms with Crippen molar-refractivity contribution in [2.45, 2.75) is 19.4 Å². The van der Waals surface area contributed by atoms with Crippen LogP contribution in [0.1, 0.15) is 18.9 Å². The number of nitriles is 1. The summed E-state index contributed by atoms with van der Waals surface area (Å²) in [6.07, 6.45) is 0.731. The SMILES string of the molecule is CCC(CN)Oc1cccc(N)c1C#N. The van der Waals surface area contributed by atoms with Gasteiger partial charge in [0, 0.05) is 6.54 Å². The standard InChI is InChI=1S/C11H15N3O/c1-2-8(6-12)15-11-5-3-4-10(14)9(11)7-13/h3-5,8H,2,6,12,14H2,1H3. The van der Waals surface area contributed by atoms with Crippen molar-refractivity contribution >= 4 is 5.69 Å². The van der Waals surface area contributed by atoms with Gasteiger partial charge in [0.2, 0.25) is 0 Å². The molecule has 0 aromatic heterocycles. The monoisotopic (exact) mass is 205 g/mol. The summed E-state index contributed by atoms with van der Waals surface area (Å²) >= 11 is 0. The molecule has 0 saturated carbocycles. The molecule has 0 aliphatic carbocycles. The zero-order valence-electron chi connectivity index (χ0n) is 8.73. The first kappa shape index (κ1) is 11.3. The van der Waals surface area contributed by atoms with Gasteiger partial charge in [0.25, 0.3) is 0 Å². The number of nitrogens with zero attached hydrogens (tertiary/aromatic N) is 1. The van der Waals surface area contributed by atoms with Crippen LogP contribution >= 0.6 is 0 Å². The average molecular weight is 205 g/mol. The highest BCUT2D eigenvalue weighted by atomic mass is 16.5. The molecule has 0 amide bonds. The summed E-state index contributed by atoms with van der Waals surface area (Å²) in [7, 11) is 0. The number of rotatable bonds is 4. The van der Waals surface area contributed by atoms with Gasteiger partial charge in [-0.25, -0.2) is 0 Å². The molecular formula is C11H15N3O. The molecule has 0 aliphatic heterocycles. The molecule has 1 aromatic rings. The zero-order valence-corrected chi connectivity index (χ0v) is 8.73. The highest BCUT2D eigenvalue weighted by Gasteiger charge is 2.11. The molecule has 0 bridgehead atoms. The third-order valence-electron chi connectivity index (χ3n) is 2.18. The molecule has 15 heavy (non-hydrogen) atoms. The van der Waals surface area contributed by atoms with Gasteiger partial charge in [-0.3, -0.25) is 0 Å². The maximum Gasteiger partial charge on any atom is 0.139 e. The van der Waals surface area contributed by atoms with E-state index in [0.29, 0.717) is 23.5 Å². The van der Waals surface area contributed by atoms with Crippen LogP contribution in [0.25, 0.3) is 0 Å². The van der Waals surface area contributed by atoms with Crippen molar-refractivity contribution in [3.05, 3.63) is 23.8 Å². The fourth-order valence-corrected chi connectivity index (χ4v) is 1.24. The lowest BCUT2D eigenvalue weighted by Crippen LogP contribution is -2.26. The van der Waals surface area contributed by atoms with Crippen molar-refractivity contribution in [3.8, 4) is 11.8 Å². The molecule has 0 fully saturated rings. The fourth-order valence-electron chi connectivity index (χ4n) is 1.24. The molecule has 1 atom stereocenters. The van der Waals surface area contributed by atoms with Crippen molar-refractivity contribution in [1.82, 2.24) is 0 Å². The van der Waals surface area contributed by atoms with E-state index in [1.165, 1.54) is 0 Å². The largest absolute Gasteiger partial charge is 0.488 e. The summed E-state index contributed by atoms with van der Waals surface area (Å²) in [4.78, 5) is 0. The Balaban J connectivity index is 2.95. The van der Waals surface area contributed by atoms with Crippen LogP contribution in [0.2, 0.25) is 0 Å². The Morgan fingerprint density at radius 2 is 2.27 bits per heavy atom. The Bertz CT molecular complexity index is 367. The lowest BCUT2D eigenvalue weighted by atomic mass is 10.1. The van der Waals surface area contributed by atoms with E-state index in [4.69, 9.17) is 21.5 Å². The smallest absolute Gasteiger partial charge is 0.139 e. The number of nitrogens with two attached hydrogens (primary N) is 2. The number of ether oxygens (including phenoxy) is 1. The van der Waals surface area contributed by atoms with Gasteiger partial charge < -0.3 is 16.2 Å². The Kier molecular flexibility index (Phi) is 3.95. The van der Waals surface area contributed by atoms with Crippen molar-refractivity contribution in [2.75, 3.05) is 12.3 Å². The molecule has 4 heteroatoms. The van der Waals surface area contributed by atoms with E-state index < -0.39 is 0 Å². The number of benzene rings is 1. The molecule has 0 heterocycles. The Hall–Kier alpha value is -1.73. The van der Waals surface area contributed by atoms with Gasteiger partial charge in [-0.15, -0.1) is 0 Å². The molecule has 1 aromatic carbocycles. The molecule has 4 N–H and O–H groups in total. The molecule has 0 spiro atoms. The van der Waals surface area contributed by atoms with Crippen molar-refractivity contribution in [3.63, 3.8) is 0 Å². The van der Waals surface area contributed by atoms with E-state index in [1.54, 1.807) is 18.2 Å². The maximum absolute atomic E-state index is 8.92. The Labute approximate surface area is 89.4 Å². The Morgan fingerprint density at radius 1 is 1.53 bits per heavy atom. The van der Waals surface area contributed by atoms with Crippen LogP contribution in [-0.4, -0.2) is 12.6 Å².